The van der Waals surface area contributed by atoms with Crippen LogP contribution in [0.5, 0.6) is 0 Å². The van der Waals surface area contributed by atoms with Crippen LogP contribution in [0.2, 0.25) is 0 Å². The van der Waals surface area contributed by atoms with Crippen molar-refractivity contribution in [1.29, 1.82) is 0 Å². The number of hydrogen-bond acceptors (Lipinski definition) is 3. The molecule has 2 aromatic carbocycles. The van der Waals surface area contributed by atoms with E-state index >= 15 is 0 Å². The lowest BCUT2D eigenvalue weighted by atomic mass is 9.81. The van der Waals surface area contributed by atoms with Crippen LogP contribution < -0.4 is 0 Å². The van der Waals surface area contributed by atoms with Crippen molar-refractivity contribution in [3.8, 4) is 0 Å². The average Bonchev–Trinajstić information content (AvgIpc) is 2.76. The molecule has 2 aromatic rings. The van der Waals surface area contributed by atoms with Gasteiger partial charge in [0.25, 0.3) is 0 Å². The maximum absolute atomic E-state index is 13.4. The Hall–Kier alpha value is -2.04. The van der Waals surface area contributed by atoms with E-state index in [0.29, 0.717) is 18.5 Å². The summed E-state index contributed by atoms with van der Waals surface area (Å²) in [6.07, 6.45) is 3.03. The van der Waals surface area contributed by atoms with Crippen LogP contribution in [0.3, 0.4) is 0 Å². The predicted octanol–water partition coefficient (Wildman–Crippen LogP) is 4.68. The lowest BCUT2D eigenvalue weighted by Gasteiger charge is -2.49. The molecular weight excluding hydrogens is 384 g/mol. The molecule has 4 aliphatic heterocycles. The van der Waals surface area contributed by atoms with Gasteiger partial charge in [0.05, 0.1) is 6.04 Å². The normalized spacial score (nSPS) is 30.2. The minimum Gasteiger partial charge on any atom is -0.444 e. The lowest BCUT2D eigenvalue weighted by molar-refractivity contribution is -0.0803. The van der Waals surface area contributed by atoms with E-state index in [1.54, 1.807) is 0 Å². The van der Waals surface area contributed by atoms with Crippen molar-refractivity contribution in [2.45, 2.75) is 44.4 Å². The Labute approximate surface area is 179 Å². The Morgan fingerprint density at radius 3 is 2.38 bits per heavy atom. The quantitative estimate of drug-likeness (QED) is 0.718. The molecule has 29 heavy (non-hydrogen) atoms. The van der Waals surface area contributed by atoms with Crippen LogP contribution in [0.15, 0.2) is 54.6 Å². The number of ether oxygens (including phenoxy) is 1. The molecule has 4 heterocycles. The maximum Gasteiger partial charge on any atom is 0.410 e. The van der Waals surface area contributed by atoms with Crippen LogP contribution in [0.4, 0.5) is 4.79 Å². The Morgan fingerprint density at radius 2 is 1.66 bits per heavy atom. The fourth-order valence-corrected chi connectivity index (χ4v) is 5.39. The van der Waals surface area contributed by atoms with Gasteiger partial charge in [0.2, 0.25) is 0 Å². The molecule has 2 bridgehead atoms. The van der Waals surface area contributed by atoms with E-state index < -0.39 is 0 Å². The monoisotopic (exact) mass is 412 g/mol. The molecule has 2 unspecified atom stereocenters. The highest BCUT2D eigenvalue weighted by Gasteiger charge is 2.43. The first-order chi connectivity index (χ1) is 13.7. The molecule has 3 saturated heterocycles. The van der Waals surface area contributed by atoms with E-state index in [-0.39, 0.29) is 30.6 Å². The molecule has 3 fully saturated rings. The number of halogens is 1. The zero-order valence-electron chi connectivity index (χ0n) is 16.9. The first-order valence-electron chi connectivity index (χ1n) is 10.6. The number of benzene rings is 2. The molecule has 5 heteroatoms. The summed E-state index contributed by atoms with van der Waals surface area (Å²) >= 11 is 0. The van der Waals surface area contributed by atoms with Crippen molar-refractivity contribution >= 4 is 18.5 Å². The third-order valence-electron chi connectivity index (χ3n) is 6.96. The van der Waals surface area contributed by atoms with Gasteiger partial charge in [0.1, 0.15) is 6.10 Å². The van der Waals surface area contributed by atoms with Crippen LogP contribution in [-0.2, 0) is 11.2 Å². The summed E-state index contributed by atoms with van der Waals surface area (Å²) in [5.74, 6) is 0.510. The molecule has 1 amide bonds. The van der Waals surface area contributed by atoms with E-state index in [9.17, 15) is 4.79 Å². The second-order valence-corrected chi connectivity index (χ2v) is 8.42. The molecule has 0 aromatic heterocycles. The van der Waals surface area contributed by atoms with Crippen molar-refractivity contribution in [3.63, 3.8) is 0 Å². The van der Waals surface area contributed by atoms with E-state index in [4.69, 9.17) is 4.74 Å². The molecule has 6 rings (SSSR count). The van der Waals surface area contributed by atoms with E-state index in [2.05, 4.69) is 48.2 Å². The minimum absolute atomic E-state index is 0. The standard InChI is InChI=1S/C24H28N2O2.ClH/c1-17-23(20-11-14-25(17)15-12-20)28-24(27)26-16-13-18-7-5-6-10-21(18)22(26)19-8-3-2-4-9-19;/h2-10,17,20,22-23H,11-16H2,1H3;1H/t17?,22-,23?;/m0./s1. The Bertz CT molecular complexity index is 849. The second kappa shape index (κ2) is 8.37. The van der Waals surface area contributed by atoms with Gasteiger partial charge in [-0.25, -0.2) is 4.79 Å². The van der Waals surface area contributed by atoms with Crippen molar-refractivity contribution in [3.05, 3.63) is 71.3 Å². The first kappa shape index (κ1) is 20.2. The number of carbonyl (C=O) groups is 1. The van der Waals surface area contributed by atoms with Crippen molar-refractivity contribution in [2.24, 2.45) is 5.92 Å². The van der Waals surface area contributed by atoms with Gasteiger partial charge in [-0.05, 0) is 61.9 Å². The number of piperidine rings is 3. The molecule has 154 valence electrons. The van der Waals surface area contributed by atoms with Gasteiger partial charge in [0.15, 0.2) is 0 Å². The van der Waals surface area contributed by atoms with Gasteiger partial charge in [0, 0.05) is 12.6 Å². The summed E-state index contributed by atoms with van der Waals surface area (Å²) in [4.78, 5) is 17.8. The van der Waals surface area contributed by atoms with E-state index in [1.807, 2.05) is 23.1 Å². The molecular formula is C24H29ClN2O2. The van der Waals surface area contributed by atoms with Crippen LogP contribution in [0.1, 0.15) is 42.5 Å². The molecule has 0 N–H and O–H groups in total. The summed E-state index contributed by atoms with van der Waals surface area (Å²) in [6, 6.07) is 19.1. The third-order valence-corrected chi connectivity index (χ3v) is 6.96. The Kier molecular flexibility index (Phi) is 5.84. The molecule has 0 radical (unpaired) electrons. The van der Waals surface area contributed by atoms with E-state index in [0.717, 1.165) is 37.9 Å². The second-order valence-electron chi connectivity index (χ2n) is 8.42. The molecule has 0 spiro atoms. The van der Waals surface area contributed by atoms with Crippen LogP contribution in [-0.4, -0.2) is 47.7 Å². The topological polar surface area (TPSA) is 32.8 Å². The zero-order valence-corrected chi connectivity index (χ0v) is 17.7. The van der Waals surface area contributed by atoms with Crippen molar-refractivity contribution in [1.82, 2.24) is 9.80 Å². The number of nitrogens with zero attached hydrogens (tertiary/aromatic N) is 2. The largest absolute Gasteiger partial charge is 0.444 e. The number of rotatable bonds is 2. The average molecular weight is 413 g/mol. The molecule has 4 nitrogen and oxygen atoms in total. The van der Waals surface area contributed by atoms with Crippen LogP contribution >= 0.6 is 12.4 Å². The van der Waals surface area contributed by atoms with Gasteiger partial charge in [-0.3, -0.25) is 9.80 Å². The summed E-state index contributed by atoms with van der Waals surface area (Å²) < 4.78 is 6.19. The fourth-order valence-electron chi connectivity index (χ4n) is 5.39. The van der Waals surface area contributed by atoms with Crippen molar-refractivity contribution < 1.29 is 9.53 Å². The number of fused-ring (bicyclic) bond motifs is 4. The molecule has 3 atom stereocenters. The van der Waals surface area contributed by atoms with Gasteiger partial charge in [-0.2, -0.15) is 0 Å². The highest BCUT2D eigenvalue weighted by molar-refractivity contribution is 5.85. The maximum atomic E-state index is 13.4. The predicted molar refractivity (Wildman–Crippen MR) is 116 cm³/mol. The van der Waals surface area contributed by atoms with Crippen LogP contribution in [0, 0.1) is 5.92 Å². The Balaban J connectivity index is 0.00000205. The van der Waals surface area contributed by atoms with Gasteiger partial charge < -0.3 is 4.74 Å². The lowest BCUT2D eigenvalue weighted by Crippen LogP contribution is -2.58. The first-order valence-corrected chi connectivity index (χ1v) is 10.6. The molecule has 0 aliphatic carbocycles. The number of hydrogen-bond donors (Lipinski definition) is 0. The number of amides is 1. The van der Waals surface area contributed by atoms with Gasteiger partial charge >= 0.3 is 6.09 Å². The summed E-state index contributed by atoms with van der Waals surface area (Å²) in [6.45, 7) is 5.20. The molecule has 0 saturated carbocycles. The highest BCUT2D eigenvalue weighted by Crippen LogP contribution is 2.38. The van der Waals surface area contributed by atoms with E-state index in [1.165, 1.54) is 11.1 Å². The summed E-state index contributed by atoms with van der Waals surface area (Å²) in [5, 5.41) is 0. The van der Waals surface area contributed by atoms with Gasteiger partial charge in [-0.15, -0.1) is 12.4 Å². The summed E-state index contributed by atoms with van der Waals surface area (Å²) in [5.41, 5.74) is 3.70. The van der Waals surface area contributed by atoms with Crippen molar-refractivity contribution in [2.75, 3.05) is 19.6 Å². The minimum atomic E-state index is -0.158. The van der Waals surface area contributed by atoms with Gasteiger partial charge in [-0.1, -0.05) is 54.6 Å². The van der Waals surface area contributed by atoms with Crippen LogP contribution in [0.25, 0.3) is 0 Å². The SMILES string of the molecule is CC1C(OC(=O)N2CCc3ccccc3[C@@H]2c2ccccc2)C2CCN1CC2.Cl. The number of carbonyl (C=O) groups excluding carboxylic acids is 1. The summed E-state index contributed by atoms with van der Waals surface area (Å²) in [7, 11) is 0. The Morgan fingerprint density at radius 1 is 0.966 bits per heavy atom. The zero-order chi connectivity index (χ0) is 19.1. The highest BCUT2D eigenvalue weighted by atomic mass is 35.5. The third kappa shape index (κ3) is 3.64. The molecule has 4 aliphatic rings. The smallest absolute Gasteiger partial charge is 0.410 e. The fraction of sp³-hybridized carbons (Fsp3) is 0.458.